The fourth-order valence-electron chi connectivity index (χ4n) is 3.80. The zero-order chi connectivity index (χ0) is 26.0. The van der Waals surface area contributed by atoms with E-state index in [4.69, 9.17) is 11.6 Å². The Labute approximate surface area is 207 Å². The van der Waals surface area contributed by atoms with Gasteiger partial charge in [0, 0.05) is 17.6 Å². The van der Waals surface area contributed by atoms with Crippen LogP contribution in [-0.4, -0.2) is 41.7 Å². The lowest BCUT2D eigenvalue weighted by atomic mass is 9.79. The summed E-state index contributed by atoms with van der Waals surface area (Å²) in [4.78, 5) is 12.5. The van der Waals surface area contributed by atoms with Gasteiger partial charge in [-0.25, -0.2) is 0 Å². The number of halogens is 7. The van der Waals surface area contributed by atoms with Crippen molar-refractivity contribution < 1.29 is 31.1 Å². The summed E-state index contributed by atoms with van der Waals surface area (Å²) in [6.45, 7) is 2.07. The van der Waals surface area contributed by atoms with Crippen molar-refractivity contribution in [3.63, 3.8) is 0 Å². The second-order valence-corrected chi connectivity index (χ2v) is 9.78. The molecular weight excluding hydrogens is 516 g/mol. The molecule has 0 saturated heterocycles. The number of carbonyl (C=O) groups excluding carboxylic acids is 1. The maximum absolute atomic E-state index is 13.1. The van der Waals surface area contributed by atoms with Crippen molar-refractivity contribution in [1.82, 2.24) is 5.01 Å². The number of benzene rings is 2. The zero-order valence-electron chi connectivity index (χ0n) is 18.7. The summed E-state index contributed by atoms with van der Waals surface area (Å²) >= 11 is 7.52. The van der Waals surface area contributed by atoms with E-state index >= 15 is 0 Å². The fraction of sp³-hybridized carbons (Fsp3) is 0.391. The molecule has 1 N–H and O–H groups in total. The lowest BCUT2D eigenvalue weighted by Crippen LogP contribution is -2.35. The predicted molar refractivity (Wildman–Crippen MR) is 126 cm³/mol. The van der Waals surface area contributed by atoms with E-state index in [2.05, 4.69) is 10.4 Å². The van der Waals surface area contributed by atoms with Gasteiger partial charge in [0.15, 0.2) is 0 Å². The van der Waals surface area contributed by atoms with Crippen molar-refractivity contribution in [3.05, 3.63) is 64.2 Å². The molecule has 0 radical (unpaired) electrons. The van der Waals surface area contributed by atoms with Crippen molar-refractivity contribution in [2.75, 3.05) is 30.4 Å². The predicted octanol–water partition coefficient (Wildman–Crippen LogP) is 6.80. The molecule has 1 aliphatic rings. The van der Waals surface area contributed by atoms with Crippen LogP contribution in [0.3, 0.4) is 0 Å². The summed E-state index contributed by atoms with van der Waals surface area (Å²) < 4.78 is 77.5. The molecule has 0 fully saturated rings. The number of hydrogen-bond acceptors (Lipinski definition) is 4. The summed E-state index contributed by atoms with van der Waals surface area (Å²) in [6, 6.07) is 7.52. The summed E-state index contributed by atoms with van der Waals surface area (Å²) in [6.07, 6.45) is -6.48. The van der Waals surface area contributed by atoms with E-state index in [9.17, 15) is 31.1 Å². The molecule has 1 aliphatic heterocycles. The standard InChI is InChI=1S/C23H22ClF6N3OS/c1-21(9-10-35-2)13-33(12-19(34)31-16-6-4-15(5-7-16)22(25,26)27)32-20(21)14-3-8-17(18(24)11-14)23(28,29)30/h3-8,11H,9-10,12-13H2,1-2H3,(H,31,34). The molecule has 3 rings (SSSR count). The van der Waals surface area contributed by atoms with Crippen molar-refractivity contribution in [2.45, 2.75) is 25.7 Å². The number of alkyl halides is 6. The molecule has 35 heavy (non-hydrogen) atoms. The van der Waals surface area contributed by atoms with Gasteiger partial charge in [-0.3, -0.25) is 9.80 Å². The number of nitrogens with zero attached hydrogens (tertiary/aromatic N) is 2. The van der Waals surface area contributed by atoms with E-state index in [1.54, 1.807) is 11.8 Å². The fourth-order valence-corrected chi connectivity index (χ4v) is 4.74. The Balaban J connectivity index is 1.79. The third kappa shape index (κ3) is 6.63. The van der Waals surface area contributed by atoms with Gasteiger partial charge in [0.25, 0.3) is 0 Å². The van der Waals surface area contributed by atoms with E-state index in [0.717, 1.165) is 36.1 Å². The summed E-state index contributed by atoms with van der Waals surface area (Å²) in [5.74, 6) is 0.266. The van der Waals surface area contributed by atoms with E-state index in [0.29, 0.717) is 24.2 Å². The van der Waals surface area contributed by atoms with E-state index in [1.165, 1.54) is 17.1 Å². The van der Waals surface area contributed by atoms with Crippen LogP contribution in [0.15, 0.2) is 47.6 Å². The van der Waals surface area contributed by atoms with Crippen molar-refractivity contribution in [3.8, 4) is 0 Å². The first-order valence-corrected chi connectivity index (χ1v) is 12.2. The first-order valence-electron chi connectivity index (χ1n) is 10.4. The van der Waals surface area contributed by atoms with Crippen LogP contribution in [0.2, 0.25) is 5.02 Å². The molecule has 2 aromatic carbocycles. The van der Waals surface area contributed by atoms with Crippen molar-refractivity contribution in [2.24, 2.45) is 10.5 Å². The Hall–Kier alpha value is -2.40. The lowest BCUT2D eigenvalue weighted by molar-refractivity contribution is -0.138. The average Bonchev–Trinajstić information content (AvgIpc) is 3.07. The Bertz CT molecular complexity index is 1100. The van der Waals surface area contributed by atoms with Gasteiger partial charge in [0.1, 0.15) is 6.54 Å². The van der Waals surface area contributed by atoms with Gasteiger partial charge in [-0.05, 0) is 60.4 Å². The van der Waals surface area contributed by atoms with Crippen LogP contribution in [0, 0.1) is 5.41 Å². The number of carbonyl (C=O) groups is 1. The first kappa shape index (κ1) is 27.2. The highest BCUT2D eigenvalue weighted by Gasteiger charge is 2.40. The van der Waals surface area contributed by atoms with Gasteiger partial charge in [0.05, 0.1) is 21.9 Å². The van der Waals surface area contributed by atoms with Crippen LogP contribution in [-0.2, 0) is 17.1 Å². The van der Waals surface area contributed by atoms with Crippen LogP contribution in [0.5, 0.6) is 0 Å². The SMILES string of the molecule is CSCCC1(C)CN(CC(=O)Nc2ccc(C(F)(F)F)cc2)N=C1c1ccc(C(F)(F)F)c(Cl)c1. The molecule has 190 valence electrons. The number of rotatable bonds is 7. The highest BCUT2D eigenvalue weighted by atomic mass is 35.5. The number of thioether (sulfide) groups is 1. The van der Waals surface area contributed by atoms with Crippen molar-refractivity contribution >= 4 is 40.7 Å². The number of anilines is 1. The quantitative estimate of drug-likeness (QED) is 0.395. The maximum Gasteiger partial charge on any atom is 0.417 e. The average molecular weight is 538 g/mol. The summed E-state index contributed by atoms with van der Waals surface area (Å²) in [5.41, 5.74) is -1.18. The normalized spacial score (nSPS) is 18.5. The number of hydrazone groups is 1. The summed E-state index contributed by atoms with van der Waals surface area (Å²) in [7, 11) is 0. The molecule has 0 aliphatic carbocycles. The highest BCUT2D eigenvalue weighted by molar-refractivity contribution is 7.98. The number of amides is 1. The topological polar surface area (TPSA) is 44.7 Å². The minimum atomic E-state index is -4.59. The van der Waals surface area contributed by atoms with E-state index in [-0.39, 0.29) is 12.2 Å². The molecule has 0 saturated carbocycles. The smallest absolute Gasteiger partial charge is 0.324 e. The Morgan fingerprint density at radius 3 is 2.31 bits per heavy atom. The third-order valence-corrected chi connectivity index (χ3v) is 6.50. The Kier molecular flexibility index (Phi) is 8.00. The number of hydrogen-bond donors (Lipinski definition) is 1. The second kappa shape index (κ2) is 10.3. The molecule has 0 bridgehead atoms. The van der Waals surface area contributed by atoms with Gasteiger partial charge in [-0.2, -0.15) is 43.2 Å². The third-order valence-electron chi connectivity index (χ3n) is 5.57. The Morgan fingerprint density at radius 2 is 1.77 bits per heavy atom. The first-order chi connectivity index (χ1) is 16.2. The minimum Gasteiger partial charge on any atom is -0.324 e. The lowest BCUT2D eigenvalue weighted by Gasteiger charge is -2.26. The molecule has 12 heteroatoms. The van der Waals surface area contributed by atoms with Crippen LogP contribution in [0.1, 0.15) is 30.0 Å². The molecule has 1 amide bonds. The van der Waals surface area contributed by atoms with Gasteiger partial charge in [-0.1, -0.05) is 24.6 Å². The minimum absolute atomic E-state index is 0.187. The molecule has 0 spiro atoms. The molecule has 2 aromatic rings. The maximum atomic E-state index is 13.1. The second-order valence-electron chi connectivity index (χ2n) is 8.39. The Morgan fingerprint density at radius 1 is 1.11 bits per heavy atom. The molecular formula is C23H22ClF6N3OS. The molecule has 0 aromatic heterocycles. The monoisotopic (exact) mass is 537 g/mol. The van der Waals surface area contributed by atoms with Crippen molar-refractivity contribution in [1.29, 1.82) is 0 Å². The van der Waals surface area contributed by atoms with Crippen LogP contribution in [0.25, 0.3) is 0 Å². The molecule has 1 atom stereocenters. The largest absolute Gasteiger partial charge is 0.417 e. The zero-order valence-corrected chi connectivity index (χ0v) is 20.3. The van der Waals surface area contributed by atoms with Gasteiger partial charge < -0.3 is 5.32 Å². The van der Waals surface area contributed by atoms with Crippen LogP contribution >= 0.6 is 23.4 Å². The van der Waals surface area contributed by atoms with E-state index < -0.39 is 39.8 Å². The molecule has 4 nitrogen and oxygen atoms in total. The van der Waals surface area contributed by atoms with Gasteiger partial charge >= 0.3 is 12.4 Å². The summed E-state index contributed by atoms with van der Waals surface area (Å²) in [5, 5.41) is 8.11. The molecule has 1 unspecified atom stereocenters. The molecule has 1 heterocycles. The number of nitrogens with one attached hydrogen (secondary N) is 1. The van der Waals surface area contributed by atoms with Gasteiger partial charge in [-0.15, -0.1) is 0 Å². The highest BCUT2D eigenvalue weighted by Crippen LogP contribution is 2.39. The van der Waals surface area contributed by atoms with E-state index in [1.807, 2.05) is 13.2 Å². The van der Waals surface area contributed by atoms with Crippen LogP contribution < -0.4 is 5.32 Å². The van der Waals surface area contributed by atoms with Crippen LogP contribution in [0.4, 0.5) is 32.0 Å². The van der Waals surface area contributed by atoms with Gasteiger partial charge in [0.2, 0.25) is 5.91 Å².